The molecule has 22 heavy (non-hydrogen) atoms. The summed E-state index contributed by atoms with van der Waals surface area (Å²) >= 11 is 6.03. The molecule has 1 heterocycles. The molecule has 2 aromatic carbocycles. The van der Waals surface area contributed by atoms with Crippen LogP contribution in [0.2, 0.25) is 5.02 Å². The van der Waals surface area contributed by atoms with Gasteiger partial charge in [-0.1, -0.05) is 47.1 Å². The summed E-state index contributed by atoms with van der Waals surface area (Å²) in [7, 11) is 0. The van der Waals surface area contributed by atoms with Gasteiger partial charge in [-0.2, -0.15) is 0 Å². The Bertz CT molecular complexity index is 858. The van der Waals surface area contributed by atoms with E-state index in [0.29, 0.717) is 16.3 Å². The summed E-state index contributed by atoms with van der Waals surface area (Å²) in [4.78, 5) is 11.5. The molecule has 0 spiro atoms. The van der Waals surface area contributed by atoms with Gasteiger partial charge in [0.05, 0.1) is 5.69 Å². The topological polar surface area (TPSA) is 68.0 Å². The summed E-state index contributed by atoms with van der Waals surface area (Å²) in [5, 5.41) is 17.7. The lowest BCUT2D eigenvalue weighted by molar-refractivity contribution is 0.0691. The second-order valence-electron chi connectivity index (χ2n) is 4.80. The van der Waals surface area contributed by atoms with Crippen LogP contribution in [0.1, 0.15) is 16.1 Å². The molecule has 0 atom stereocenters. The van der Waals surface area contributed by atoms with E-state index in [2.05, 4.69) is 10.3 Å². The number of hydrogen-bond acceptors (Lipinski definition) is 3. The molecule has 110 valence electrons. The smallest absolute Gasteiger partial charge is 0.358 e. The maximum absolute atomic E-state index is 11.5. The third-order valence-electron chi connectivity index (χ3n) is 3.31. The molecular weight excluding hydrogens is 302 g/mol. The lowest BCUT2D eigenvalue weighted by atomic mass is 10.1. The fraction of sp³-hybridized carbons (Fsp3) is 0.0625. The van der Waals surface area contributed by atoms with Crippen LogP contribution >= 0.6 is 11.6 Å². The molecule has 0 unspecified atom stereocenters. The number of halogens is 1. The number of rotatable bonds is 3. The van der Waals surface area contributed by atoms with Crippen molar-refractivity contribution in [3.8, 4) is 16.9 Å². The van der Waals surface area contributed by atoms with E-state index < -0.39 is 5.97 Å². The molecule has 0 fully saturated rings. The predicted molar refractivity (Wildman–Crippen MR) is 83.5 cm³/mol. The number of aromatic nitrogens is 3. The summed E-state index contributed by atoms with van der Waals surface area (Å²) in [5.41, 5.74) is 2.69. The normalized spacial score (nSPS) is 10.6. The Morgan fingerprint density at radius 2 is 1.95 bits per heavy atom. The lowest BCUT2D eigenvalue weighted by Crippen LogP contribution is -2.04. The maximum Gasteiger partial charge on any atom is 0.358 e. The van der Waals surface area contributed by atoms with Crippen molar-refractivity contribution in [2.24, 2.45) is 0 Å². The maximum atomic E-state index is 11.5. The zero-order valence-corrected chi connectivity index (χ0v) is 12.4. The number of carboxylic acids is 1. The third kappa shape index (κ3) is 2.46. The molecule has 0 bridgehead atoms. The standard InChI is InChI=1S/C16H12ClN3O2/c1-10-5-2-3-8-13(10)20-15(14(16(21)22)18-19-20)11-6-4-7-12(17)9-11/h2-9H,1H3,(H,21,22). The third-order valence-corrected chi connectivity index (χ3v) is 3.55. The van der Waals surface area contributed by atoms with Crippen molar-refractivity contribution < 1.29 is 9.90 Å². The molecule has 1 aromatic heterocycles. The first-order chi connectivity index (χ1) is 10.6. The van der Waals surface area contributed by atoms with Gasteiger partial charge in [-0.25, -0.2) is 9.48 Å². The fourth-order valence-electron chi connectivity index (χ4n) is 2.29. The van der Waals surface area contributed by atoms with Crippen LogP contribution in [-0.4, -0.2) is 26.1 Å². The van der Waals surface area contributed by atoms with E-state index in [1.54, 1.807) is 24.3 Å². The monoisotopic (exact) mass is 313 g/mol. The molecule has 6 heteroatoms. The van der Waals surface area contributed by atoms with Crippen LogP contribution < -0.4 is 0 Å². The van der Waals surface area contributed by atoms with Gasteiger partial charge in [-0.05, 0) is 30.7 Å². The Hall–Kier alpha value is -2.66. The van der Waals surface area contributed by atoms with Crippen LogP contribution in [-0.2, 0) is 0 Å². The molecule has 0 aliphatic carbocycles. The van der Waals surface area contributed by atoms with E-state index in [1.165, 1.54) is 4.68 Å². The van der Waals surface area contributed by atoms with E-state index in [0.717, 1.165) is 11.3 Å². The van der Waals surface area contributed by atoms with Gasteiger partial charge in [0, 0.05) is 10.6 Å². The van der Waals surface area contributed by atoms with E-state index in [9.17, 15) is 9.90 Å². The first kappa shape index (κ1) is 14.3. The molecule has 0 saturated heterocycles. The molecule has 3 rings (SSSR count). The van der Waals surface area contributed by atoms with Gasteiger partial charge < -0.3 is 5.11 Å². The van der Waals surface area contributed by atoms with Crippen molar-refractivity contribution in [2.45, 2.75) is 6.92 Å². The van der Waals surface area contributed by atoms with E-state index >= 15 is 0 Å². The number of carboxylic acid groups (broad SMARTS) is 1. The summed E-state index contributed by atoms with van der Waals surface area (Å²) in [6, 6.07) is 14.5. The second kappa shape index (κ2) is 5.61. The molecule has 3 aromatic rings. The average Bonchev–Trinajstić information content (AvgIpc) is 2.92. The Kier molecular flexibility index (Phi) is 3.65. The van der Waals surface area contributed by atoms with Crippen LogP contribution in [0.3, 0.4) is 0 Å². The highest BCUT2D eigenvalue weighted by Gasteiger charge is 2.22. The molecule has 1 N–H and O–H groups in total. The first-order valence-electron chi connectivity index (χ1n) is 6.59. The van der Waals surface area contributed by atoms with Gasteiger partial charge >= 0.3 is 5.97 Å². The molecule has 0 amide bonds. The van der Waals surface area contributed by atoms with Crippen LogP contribution in [0.4, 0.5) is 0 Å². The number of para-hydroxylation sites is 1. The van der Waals surface area contributed by atoms with E-state index in [-0.39, 0.29) is 5.69 Å². The number of aromatic carboxylic acids is 1. The number of carbonyl (C=O) groups is 1. The van der Waals surface area contributed by atoms with Crippen molar-refractivity contribution in [1.82, 2.24) is 15.0 Å². The highest BCUT2D eigenvalue weighted by atomic mass is 35.5. The Morgan fingerprint density at radius 3 is 2.64 bits per heavy atom. The predicted octanol–water partition coefficient (Wildman–Crippen LogP) is 3.59. The number of aryl methyl sites for hydroxylation is 1. The van der Waals surface area contributed by atoms with Crippen molar-refractivity contribution in [1.29, 1.82) is 0 Å². The first-order valence-corrected chi connectivity index (χ1v) is 6.96. The number of hydrogen-bond donors (Lipinski definition) is 1. The zero-order chi connectivity index (χ0) is 15.7. The van der Waals surface area contributed by atoms with Gasteiger partial charge in [-0.3, -0.25) is 0 Å². The van der Waals surface area contributed by atoms with Gasteiger partial charge in [0.25, 0.3) is 0 Å². The fourth-order valence-corrected chi connectivity index (χ4v) is 2.48. The van der Waals surface area contributed by atoms with Crippen molar-refractivity contribution in [3.05, 3.63) is 64.8 Å². The number of benzene rings is 2. The van der Waals surface area contributed by atoms with Crippen LogP contribution in [0.25, 0.3) is 16.9 Å². The SMILES string of the molecule is Cc1ccccc1-n1nnc(C(=O)O)c1-c1cccc(Cl)c1. The highest BCUT2D eigenvalue weighted by Crippen LogP contribution is 2.28. The Labute approximate surface area is 131 Å². The van der Waals surface area contributed by atoms with Gasteiger partial charge in [0.2, 0.25) is 0 Å². The van der Waals surface area contributed by atoms with Crippen molar-refractivity contribution >= 4 is 17.6 Å². The molecule has 5 nitrogen and oxygen atoms in total. The minimum atomic E-state index is -1.13. The largest absolute Gasteiger partial charge is 0.476 e. The summed E-state index contributed by atoms with van der Waals surface area (Å²) in [6.07, 6.45) is 0. The van der Waals surface area contributed by atoms with Crippen LogP contribution in [0.15, 0.2) is 48.5 Å². The Balaban J connectivity index is 2.29. The lowest BCUT2D eigenvalue weighted by Gasteiger charge is -2.10. The van der Waals surface area contributed by atoms with Gasteiger partial charge in [-0.15, -0.1) is 5.10 Å². The quantitative estimate of drug-likeness (QED) is 0.802. The van der Waals surface area contributed by atoms with E-state index in [1.807, 2.05) is 31.2 Å². The zero-order valence-electron chi connectivity index (χ0n) is 11.7. The minimum Gasteiger partial charge on any atom is -0.476 e. The van der Waals surface area contributed by atoms with Crippen LogP contribution in [0, 0.1) is 6.92 Å². The van der Waals surface area contributed by atoms with Crippen molar-refractivity contribution in [3.63, 3.8) is 0 Å². The molecule has 0 radical (unpaired) electrons. The average molecular weight is 314 g/mol. The molecule has 0 aliphatic heterocycles. The van der Waals surface area contributed by atoms with Gasteiger partial charge in [0.1, 0.15) is 5.69 Å². The molecule has 0 aliphatic rings. The molecule has 0 saturated carbocycles. The van der Waals surface area contributed by atoms with E-state index in [4.69, 9.17) is 11.6 Å². The summed E-state index contributed by atoms with van der Waals surface area (Å²) < 4.78 is 1.53. The summed E-state index contributed by atoms with van der Waals surface area (Å²) in [5.74, 6) is -1.13. The second-order valence-corrected chi connectivity index (χ2v) is 5.24. The minimum absolute atomic E-state index is 0.106. The Morgan fingerprint density at radius 1 is 1.18 bits per heavy atom. The molecular formula is C16H12ClN3O2. The van der Waals surface area contributed by atoms with Gasteiger partial charge in [0.15, 0.2) is 5.69 Å². The van der Waals surface area contributed by atoms with Crippen LogP contribution in [0.5, 0.6) is 0 Å². The summed E-state index contributed by atoms with van der Waals surface area (Å²) in [6.45, 7) is 1.93. The number of nitrogens with zero attached hydrogens (tertiary/aromatic N) is 3. The highest BCUT2D eigenvalue weighted by molar-refractivity contribution is 6.30. The van der Waals surface area contributed by atoms with Crippen molar-refractivity contribution in [2.75, 3.05) is 0 Å².